The van der Waals surface area contributed by atoms with Crippen LogP contribution in [0.3, 0.4) is 0 Å². The molecule has 2 saturated carbocycles. The van der Waals surface area contributed by atoms with E-state index in [9.17, 15) is 23.8 Å². The molecule has 16 nitrogen and oxygen atoms in total. The van der Waals surface area contributed by atoms with Gasteiger partial charge in [-0.3, -0.25) is 18.9 Å². The zero-order valence-electron chi connectivity index (χ0n) is 39.8. The highest BCUT2D eigenvalue weighted by atomic mass is 32.1. The number of carbonyl (C=O) groups is 3. The summed E-state index contributed by atoms with van der Waals surface area (Å²) >= 11 is 1.57. The van der Waals surface area contributed by atoms with Crippen LogP contribution in [0.15, 0.2) is 61.0 Å². The fraction of sp³-hybridized carbons (Fsp3) is 0.553. The van der Waals surface area contributed by atoms with Gasteiger partial charge in [0.05, 0.1) is 44.2 Å². The van der Waals surface area contributed by atoms with Gasteiger partial charge in [-0.15, -0.1) is 17.9 Å². The Bertz CT molecular complexity index is 2150. The summed E-state index contributed by atoms with van der Waals surface area (Å²) in [6, 6.07) is 7.29. The second kappa shape index (κ2) is 26.9. The fourth-order valence-corrected chi connectivity index (χ4v) is 10.5. The van der Waals surface area contributed by atoms with E-state index >= 15 is 0 Å². The SMILES string of the molecule is C=CC1C[C@]1(NC(=O)C1CCCN1C(=O)CNC=O)P(=O)(O)Cc1cncnc1.CC.CC(C)C.COC1CCCC1.COc1ccc2c(OC)cc(-c3csc(NC(C)C)n3)nc2c1. The van der Waals surface area contributed by atoms with Crippen LogP contribution in [-0.4, -0.2) is 106 Å². The Kier molecular flexibility index (Phi) is 22.5. The number of nitrogens with one attached hydrogen (secondary N) is 3. The molecular weight excluding hydrogens is 868 g/mol. The molecule has 358 valence electrons. The lowest BCUT2D eigenvalue weighted by molar-refractivity contribution is -0.138. The van der Waals surface area contributed by atoms with E-state index in [2.05, 4.69) is 72.1 Å². The van der Waals surface area contributed by atoms with Gasteiger partial charge in [-0.05, 0) is 69.6 Å². The summed E-state index contributed by atoms with van der Waals surface area (Å²) in [5, 5.41) is 10.9. The topological polar surface area (TPSA) is 207 Å². The van der Waals surface area contributed by atoms with Gasteiger partial charge in [0, 0.05) is 60.9 Å². The van der Waals surface area contributed by atoms with Gasteiger partial charge in [-0.2, -0.15) is 0 Å². The normalized spacial score (nSPS) is 19.4. The van der Waals surface area contributed by atoms with Crippen molar-refractivity contribution in [2.24, 2.45) is 11.8 Å². The number of carbonyl (C=O) groups excluding carboxylic acids is 3. The third-order valence-electron chi connectivity index (χ3n) is 10.5. The average molecular weight is 939 g/mol. The third kappa shape index (κ3) is 15.9. The van der Waals surface area contributed by atoms with Crippen LogP contribution in [0.2, 0.25) is 0 Å². The van der Waals surface area contributed by atoms with E-state index in [0.717, 1.165) is 44.8 Å². The van der Waals surface area contributed by atoms with Crippen molar-refractivity contribution < 1.29 is 38.1 Å². The molecule has 4 heterocycles. The number of benzene rings is 1. The van der Waals surface area contributed by atoms with Crippen molar-refractivity contribution in [1.29, 1.82) is 0 Å². The van der Waals surface area contributed by atoms with Crippen molar-refractivity contribution in [2.45, 2.75) is 123 Å². The van der Waals surface area contributed by atoms with Crippen molar-refractivity contribution in [3.05, 3.63) is 66.6 Å². The number of hydrogen-bond donors (Lipinski definition) is 4. The Hall–Kier alpha value is -4.96. The summed E-state index contributed by atoms with van der Waals surface area (Å²) in [6.07, 6.45) is 13.4. The molecule has 0 radical (unpaired) electrons. The van der Waals surface area contributed by atoms with Crippen molar-refractivity contribution in [2.75, 3.05) is 39.7 Å². The Morgan fingerprint density at radius 1 is 1.00 bits per heavy atom. The number of ether oxygens (including phenoxy) is 3. The first-order valence-electron chi connectivity index (χ1n) is 22.4. The molecule has 2 aliphatic carbocycles. The molecule has 1 saturated heterocycles. The Labute approximate surface area is 389 Å². The molecule has 7 rings (SSSR count). The lowest BCUT2D eigenvalue weighted by Gasteiger charge is -2.29. The highest BCUT2D eigenvalue weighted by Crippen LogP contribution is 2.70. The molecule has 3 unspecified atom stereocenters. The third-order valence-corrected chi connectivity index (χ3v) is 13.9. The van der Waals surface area contributed by atoms with E-state index in [-0.39, 0.29) is 24.5 Å². The monoisotopic (exact) mass is 938 g/mol. The van der Waals surface area contributed by atoms with Crippen LogP contribution in [0.4, 0.5) is 5.13 Å². The Morgan fingerprint density at radius 3 is 2.23 bits per heavy atom. The zero-order valence-corrected chi connectivity index (χ0v) is 41.5. The van der Waals surface area contributed by atoms with Gasteiger partial charge in [0.25, 0.3) is 0 Å². The average Bonchev–Trinajstić information content (AvgIpc) is 3.78. The number of methoxy groups -OCH3 is 3. The van der Waals surface area contributed by atoms with Crippen LogP contribution in [-0.2, 0) is 29.8 Å². The van der Waals surface area contributed by atoms with Gasteiger partial charge in [-0.1, -0.05) is 53.5 Å². The largest absolute Gasteiger partial charge is 0.497 e. The fourth-order valence-electron chi connectivity index (χ4n) is 7.28. The number of nitrogens with zero attached hydrogens (tertiary/aromatic N) is 5. The first kappa shape index (κ1) is 54.4. The molecule has 4 aromatic rings. The number of fused-ring (bicyclic) bond motifs is 1. The van der Waals surface area contributed by atoms with Gasteiger partial charge >= 0.3 is 0 Å². The van der Waals surface area contributed by atoms with Crippen LogP contribution in [0.5, 0.6) is 11.5 Å². The molecule has 18 heteroatoms. The second-order valence-corrected chi connectivity index (χ2v) is 20.0. The van der Waals surface area contributed by atoms with Crippen molar-refractivity contribution in [3.63, 3.8) is 0 Å². The number of rotatable bonds is 15. The molecule has 0 spiro atoms. The quantitative estimate of drug-likeness (QED) is 0.0502. The minimum Gasteiger partial charge on any atom is -0.497 e. The molecule has 4 N–H and O–H groups in total. The van der Waals surface area contributed by atoms with Crippen LogP contribution < -0.4 is 25.4 Å². The van der Waals surface area contributed by atoms with Crippen molar-refractivity contribution in [1.82, 2.24) is 35.5 Å². The first-order valence-corrected chi connectivity index (χ1v) is 25.1. The maximum atomic E-state index is 13.3. The van der Waals surface area contributed by atoms with E-state index in [1.165, 1.54) is 49.3 Å². The number of likely N-dealkylation sites (tertiary alicyclic amines) is 1. The molecule has 3 aliphatic rings. The van der Waals surface area contributed by atoms with Crippen molar-refractivity contribution >= 4 is 53.0 Å². The highest BCUT2D eigenvalue weighted by molar-refractivity contribution is 7.59. The maximum absolute atomic E-state index is 13.3. The van der Waals surface area contributed by atoms with Crippen molar-refractivity contribution in [3.8, 4) is 22.9 Å². The van der Waals surface area contributed by atoms with Crippen LogP contribution in [0, 0.1) is 11.8 Å². The molecule has 65 heavy (non-hydrogen) atoms. The van der Waals surface area contributed by atoms with Gasteiger partial charge in [0.1, 0.15) is 34.8 Å². The van der Waals surface area contributed by atoms with E-state index in [1.807, 2.05) is 43.5 Å². The van der Waals surface area contributed by atoms with Gasteiger partial charge in [0.2, 0.25) is 25.6 Å². The summed E-state index contributed by atoms with van der Waals surface area (Å²) in [7, 11) is 1.23. The zero-order chi connectivity index (χ0) is 48.2. The van der Waals surface area contributed by atoms with E-state index in [1.54, 1.807) is 38.7 Å². The highest BCUT2D eigenvalue weighted by Gasteiger charge is 2.65. The Morgan fingerprint density at radius 2 is 1.68 bits per heavy atom. The second-order valence-electron chi connectivity index (χ2n) is 16.6. The molecule has 3 amide bonds. The number of aromatic nitrogens is 4. The molecular formula is C47H71N8O8PS. The first-order chi connectivity index (χ1) is 31.1. The summed E-state index contributed by atoms with van der Waals surface area (Å²) in [5.74, 6) is 1.20. The standard InChI is InChI=1S/C18H24N5O5P.C17H19N3O2S.C6H12O.C4H10.C2H6/c1-2-14-6-18(14,29(27,28)10-13-7-19-11-20-8-13)22-17(26)15-4-3-5-23(15)16(25)9-21-12-24;1-10(2)18-17-20-15(9-23-17)14-8-16(22-4)12-6-5-11(21-3)7-13(12)19-14;1-7-6-4-2-3-5-6;1-4(2)3;1-2/h2,7-8,11-12,14-15H,1,3-6,9-10H2,(H,21,24)(H,22,26)(H,27,28);5-10H,1-4H3,(H,18,20);6H,2-5H2,1H3;4H,1-3H3;1-2H3/t14?,15?,18-;;;;/m0..../s1. The van der Waals surface area contributed by atoms with Crippen LogP contribution in [0.1, 0.15) is 99.0 Å². The lowest BCUT2D eigenvalue weighted by Crippen LogP contribution is -2.51. The van der Waals surface area contributed by atoms with Crippen LogP contribution >= 0.6 is 18.7 Å². The molecule has 1 aromatic carbocycles. The number of thiazole rings is 1. The summed E-state index contributed by atoms with van der Waals surface area (Å²) in [5.41, 5.74) is 2.95. The van der Waals surface area contributed by atoms with Gasteiger partial charge < -0.3 is 40.0 Å². The molecule has 3 fully saturated rings. The molecule has 0 bridgehead atoms. The smallest absolute Gasteiger partial charge is 0.243 e. The maximum Gasteiger partial charge on any atom is 0.243 e. The Balaban J connectivity index is 0.000000275. The van der Waals surface area contributed by atoms with Crippen LogP contribution in [0.25, 0.3) is 22.3 Å². The van der Waals surface area contributed by atoms with Gasteiger partial charge in [0.15, 0.2) is 5.13 Å². The number of anilines is 1. The number of pyridine rings is 1. The predicted octanol–water partition coefficient (Wildman–Crippen LogP) is 8.46. The summed E-state index contributed by atoms with van der Waals surface area (Å²) in [6.45, 7) is 18.6. The van der Waals surface area contributed by atoms with E-state index in [4.69, 9.17) is 19.2 Å². The number of amides is 3. The van der Waals surface area contributed by atoms with Gasteiger partial charge in [-0.25, -0.2) is 19.9 Å². The van der Waals surface area contributed by atoms with E-state index < -0.39 is 24.6 Å². The summed E-state index contributed by atoms with van der Waals surface area (Å²) in [4.78, 5) is 64.9. The van der Waals surface area contributed by atoms with E-state index in [0.29, 0.717) is 49.9 Å². The predicted molar refractivity (Wildman–Crippen MR) is 259 cm³/mol. The molecule has 4 atom stereocenters. The minimum absolute atomic E-state index is 0.172. The number of hydrogen-bond acceptors (Lipinski definition) is 13. The molecule has 1 aliphatic heterocycles. The molecule has 3 aromatic heterocycles. The summed E-state index contributed by atoms with van der Waals surface area (Å²) < 4.78 is 29.2. The lowest BCUT2D eigenvalue weighted by atomic mass is 10.1. The minimum atomic E-state index is -3.88.